The zero-order valence-electron chi connectivity index (χ0n) is 20.8. The summed E-state index contributed by atoms with van der Waals surface area (Å²) in [5.74, 6) is -1.63. The van der Waals surface area contributed by atoms with Crippen LogP contribution < -0.4 is 5.32 Å². The van der Waals surface area contributed by atoms with E-state index in [4.69, 9.17) is 23.2 Å². The summed E-state index contributed by atoms with van der Waals surface area (Å²) in [4.78, 5) is 32.6. The first-order valence-electron chi connectivity index (χ1n) is 12.0. The van der Waals surface area contributed by atoms with Crippen LogP contribution in [-0.2, 0) is 13.2 Å². The van der Waals surface area contributed by atoms with E-state index in [2.05, 4.69) is 15.4 Å². The quantitative estimate of drug-likeness (QED) is 0.364. The number of nitrogens with zero attached hydrogens (tertiary/aromatic N) is 5. The number of hydrogen-bond acceptors (Lipinski definition) is 4. The second-order valence-corrected chi connectivity index (χ2v) is 10.2. The summed E-state index contributed by atoms with van der Waals surface area (Å²) in [6.07, 6.45) is -1.22. The lowest BCUT2D eigenvalue weighted by molar-refractivity contribution is -0.141. The Labute approximate surface area is 231 Å². The van der Waals surface area contributed by atoms with Gasteiger partial charge < -0.3 is 14.6 Å². The van der Waals surface area contributed by atoms with Gasteiger partial charge in [0.25, 0.3) is 11.8 Å². The molecule has 8 nitrogen and oxygen atoms in total. The van der Waals surface area contributed by atoms with Gasteiger partial charge in [-0.1, -0.05) is 53.5 Å². The van der Waals surface area contributed by atoms with Crippen LogP contribution in [0.3, 0.4) is 0 Å². The van der Waals surface area contributed by atoms with E-state index >= 15 is 0 Å². The van der Waals surface area contributed by atoms with Crippen molar-refractivity contribution in [3.8, 4) is 0 Å². The number of halogens is 5. The van der Waals surface area contributed by atoms with Crippen molar-refractivity contribution in [2.24, 2.45) is 7.05 Å². The molecule has 2 atom stereocenters. The molecule has 1 saturated heterocycles. The molecule has 39 heavy (non-hydrogen) atoms. The number of piperidine rings is 1. The van der Waals surface area contributed by atoms with Crippen molar-refractivity contribution in [1.82, 2.24) is 29.4 Å². The molecule has 204 valence electrons. The molecular formula is C26H23Cl2F3N6O2. The highest BCUT2D eigenvalue weighted by Gasteiger charge is 2.42. The van der Waals surface area contributed by atoms with Crippen molar-refractivity contribution in [3.05, 3.63) is 87.0 Å². The van der Waals surface area contributed by atoms with Crippen LogP contribution in [0.25, 0.3) is 5.65 Å². The van der Waals surface area contributed by atoms with Crippen LogP contribution >= 0.6 is 23.2 Å². The molecule has 5 rings (SSSR count). The summed E-state index contributed by atoms with van der Waals surface area (Å²) in [5, 5.41) is 6.07. The van der Waals surface area contributed by atoms with Crippen LogP contribution in [0, 0.1) is 6.92 Å². The topological polar surface area (TPSA) is 84.5 Å². The summed E-state index contributed by atoms with van der Waals surface area (Å²) >= 11 is 12.4. The third-order valence-electron chi connectivity index (χ3n) is 6.91. The third kappa shape index (κ3) is 5.08. The molecule has 1 aliphatic heterocycles. The van der Waals surface area contributed by atoms with E-state index < -0.39 is 40.5 Å². The van der Waals surface area contributed by atoms with Gasteiger partial charge in [0, 0.05) is 50.2 Å². The van der Waals surface area contributed by atoms with E-state index in [9.17, 15) is 22.8 Å². The molecular weight excluding hydrogens is 556 g/mol. The number of carbonyl (C=O) groups excluding carboxylic acids is 2. The van der Waals surface area contributed by atoms with Crippen molar-refractivity contribution in [2.75, 3.05) is 13.1 Å². The Bertz CT molecular complexity index is 1570. The lowest BCUT2D eigenvalue weighted by Gasteiger charge is -2.39. The van der Waals surface area contributed by atoms with Gasteiger partial charge in [0.1, 0.15) is 10.7 Å². The van der Waals surface area contributed by atoms with E-state index in [0.717, 1.165) is 15.9 Å². The second-order valence-electron chi connectivity index (χ2n) is 9.44. The zero-order chi connectivity index (χ0) is 28.1. The number of amides is 2. The minimum Gasteiger partial charge on any atom is -0.348 e. The number of imidazole rings is 1. The van der Waals surface area contributed by atoms with Crippen molar-refractivity contribution >= 4 is 40.7 Å². The Morgan fingerprint density at radius 3 is 2.56 bits per heavy atom. The standard InChI is InChI=1S/C26H23Cl2F3N6O2/c1-14-11-32-23-18(27)10-16(12-37(14)23)25(39)36-9-8-19(17(13-36)15-6-4-3-5-7-15)33-24(38)20-21(26(29,30)31)34-35(2)22(20)28/h3-7,10-12,17,19H,8-9,13H2,1-2H3,(H,33,38)/t17-,19-/m1/s1. The average Bonchev–Trinajstić information content (AvgIpc) is 3.43. The number of aryl methyl sites for hydroxylation is 2. The van der Waals surface area contributed by atoms with Crippen molar-refractivity contribution in [1.29, 1.82) is 0 Å². The summed E-state index contributed by atoms with van der Waals surface area (Å²) in [6.45, 7) is 2.33. The smallest absolute Gasteiger partial charge is 0.348 e. The fourth-order valence-electron chi connectivity index (χ4n) is 4.95. The summed E-state index contributed by atoms with van der Waals surface area (Å²) < 4.78 is 43.3. The fourth-order valence-corrected chi connectivity index (χ4v) is 5.42. The maximum atomic E-state index is 13.6. The van der Waals surface area contributed by atoms with Crippen molar-refractivity contribution < 1.29 is 22.8 Å². The molecule has 1 aromatic carbocycles. The zero-order valence-corrected chi connectivity index (χ0v) is 22.3. The maximum Gasteiger partial charge on any atom is 0.436 e. The van der Waals surface area contributed by atoms with Gasteiger partial charge in [-0.3, -0.25) is 14.3 Å². The van der Waals surface area contributed by atoms with Gasteiger partial charge in [-0.25, -0.2) is 4.98 Å². The first-order valence-corrected chi connectivity index (χ1v) is 12.8. The number of likely N-dealkylation sites (tertiary alicyclic amines) is 1. The largest absolute Gasteiger partial charge is 0.436 e. The van der Waals surface area contributed by atoms with Gasteiger partial charge in [0.2, 0.25) is 0 Å². The second kappa shape index (κ2) is 10.2. The predicted octanol–water partition coefficient (Wildman–Crippen LogP) is 5.13. The summed E-state index contributed by atoms with van der Waals surface area (Å²) in [7, 11) is 1.24. The molecule has 3 aromatic heterocycles. The Kier molecular flexibility index (Phi) is 7.06. The van der Waals surface area contributed by atoms with E-state index in [0.29, 0.717) is 22.7 Å². The highest BCUT2D eigenvalue weighted by Crippen LogP contribution is 2.35. The monoisotopic (exact) mass is 578 g/mol. The lowest BCUT2D eigenvalue weighted by atomic mass is 9.85. The predicted molar refractivity (Wildman–Crippen MR) is 139 cm³/mol. The highest BCUT2D eigenvalue weighted by molar-refractivity contribution is 6.34. The minimum atomic E-state index is -4.86. The van der Waals surface area contributed by atoms with Gasteiger partial charge in [0.15, 0.2) is 11.3 Å². The van der Waals surface area contributed by atoms with Crippen LogP contribution in [0.4, 0.5) is 13.2 Å². The number of aromatic nitrogens is 4. The molecule has 0 aliphatic carbocycles. The molecule has 0 saturated carbocycles. The normalized spacial score (nSPS) is 18.0. The summed E-state index contributed by atoms with van der Waals surface area (Å²) in [6, 6.07) is 10.2. The van der Waals surface area contributed by atoms with E-state index in [-0.39, 0.29) is 19.0 Å². The van der Waals surface area contributed by atoms with E-state index in [1.54, 1.807) is 27.8 Å². The molecule has 2 amide bonds. The highest BCUT2D eigenvalue weighted by atomic mass is 35.5. The number of alkyl halides is 3. The minimum absolute atomic E-state index is 0.221. The number of benzene rings is 1. The van der Waals surface area contributed by atoms with Crippen LogP contribution in [0.5, 0.6) is 0 Å². The van der Waals surface area contributed by atoms with Crippen LogP contribution in [0.15, 0.2) is 48.8 Å². The molecule has 0 bridgehead atoms. The molecule has 1 N–H and O–H groups in total. The van der Waals surface area contributed by atoms with Crippen LogP contribution in [-0.4, -0.2) is 55.0 Å². The molecule has 1 fully saturated rings. The Hall–Kier alpha value is -3.57. The molecule has 13 heteroatoms. The van der Waals surface area contributed by atoms with Gasteiger partial charge in [-0.05, 0) is 25.0 Å². The van der Waals surface area contributed by atoms with Crippen molar-refractivity contribution in [3.63, 3.8) is 0 Å². The average molecular weight is 579 g/mol. The number of fused-ring (bicyclic) bond motifs is 1. The summed E-state index contributed by atoms with van der Waals surface area (Å²) in [5.41, 5.74) is 0.487. The molecule has 1 aliphatic rings. The number of nitrogens with one attached hydrogen (secondary N) is 1. The lowest BCUT2D eigenvalue weighted by Crippen LogP contribution is -2.51. The molecule has 4 heterocycles. The number of pyridine rings is 1. The van der Waals surface area contributed by atoms with Gasteiger partial charge in [0.05, 0.1) is 10.6 Å². The SMILES string of the molecule is Cc1cnc2c(Cl)cc(C(=O)N3CC[C@@H](NC(=O)c4c(C(F)(F)F)nn(C)c4Cl)[C@@H](c4ccccc4)C3)cn12. The number of hydrogen-bond donors (Lipinski definition) is 1. The van der Waals surface area contributed by atoms with Crippen molar-refractivity contribution in [2.45, 2.75) is 31.5 Å². The van der Waals surface area contributed by atoms with Crippen LogP contribution in [0.2, 0.25) is 10.2 Å². The van der Waals surface area contributed by atoms with Gasteiger partial charge in [-0.2, -0.15) is 18.3 Å². The molecule has 4 aromatic rings. The Morgan fingerprint density at radius 2 is 1.87 bits per heavy atom. The van der Waals surface area contributed by atoms with E-state index in [1.807, 2.05) is 37.3 Å². The first-order chi connectivity index (χ1) is 18.5. The molecule has 0 radical (unpaired) electrons. The number of rotatable bonds is 4. The van der Waals surface area contributed by atoms with Gasteiger partial charge in [-0.15, -0.1) is 0 Å². The first kappa shape index (κ1) is 27.0. The molecule has 0 unspecified atom stereocenters. The number of carbonyl (C=O) groups is 2. The van der Waals surface area contributed by atoms with E-state index in [1.165, 1.54) is 7.05 Å². The maximum absolute atomic E-state index is 13.6. The third-order valence-corrected chi connectivity index (χ3v) is 7.62. The Morgan fingerprint density at radius 1 is 1.15 bits per heavy atom. The Balaban J connectivity index is 1.43. The molecule has 0 spiro atoms. The van der Waals surface area contributed by atoms with Crippen LogP contribution in [0.1, 0.15) is 50.0 Å². The fraction of sp³-hybridized carbons (Fsp3) is 0.308. The van der Waals surface area contributed by atoms with Gasteiger partial charge >= 0.3 is 6.18 Å².